The number of carboxylic acid groups (broad SMARTS) is 1. The molecule has 4 unspecified atom stereocenters. The van der Waals surface area contributed by atoms with Crippen molar-refractivity contribution in [3.63, 3.8) is 0 Å². The second kappa shape index (κ2) is 13.6. The summed E-state index contributed by atoms with van der Waals surface area (Å²) in [7, 11) is 0. The van der Waals surface area contributed by atoms with Crippen molar-refractivity contribution in [2.45, 2.75) is 76.5 Å². The summed E-state index contributed by atoms with van der Waals surface area (Å²) in [4.78, 5) is 63.1. The van der Waals surface area contributed by atoms with Crippen LogP contribution in [0.25, 0.3) is 0 Å². The van der Waals surface area contributed by atoms with Crippen LogP contribution in [0.3, 0.4) is 0 Å². The lowest BCUT2D eigenvalue weighted by Gasteiger charge is -2.30. The second-order valence-corrected chi connectivity index (χ2v) is 9.58. The number of likely N-dealkylation sites (tertiary alicyclic amines) is 1. The zero-order valence-corrected chi connectivity index (χ0v) is 20.8. The highest BCUT2D eigenvalue weighted by Gasteiger charge is 2.39. The number of aliphatic carboxylic acids is 1. The number of benzene rings is 1. The van der Waals surface area contributed by atoms with E-state index in [4.69, 9.17) is 11.5 Å². The lowest BCUT2D eigenvalue weighted by molar-refractivity contribution is -0.145. The molecule has 1 aromatic rings. The zero-order valence-electron chi connectivity index (χ0n) is 20.8. The van der Waals surface area contributed by atoms with Gasteiger partial charge in [-0.05, 0) is 43.6 Å². The SMILES string of the molecule is CC(C)CC(NC(=O)C(N)Cc1ccccc1)C(=O)N1CCCC1C(=O)NC(CCC(N)=O)C(=O)O. The second-order valence-electron chi connectivity index (χ2n) is 9.58. The molecule has 198 valence electrons. The number of nitrogens with one attached hydrogen (secondary N) is 2. The first kappa shape index (κ1) is 28.8. The van der Waals surface area contributed by atoms with Crippen LogP contribution in [-0.2, 0) is 30.4 Å². The van der Waals surface area contributed by atoms with E-state index in [-0.39, 0.29) is 18.8 Å². The van der Waals surface area contributed by atoms with Gasteiger partial charge in [0.1, 0.15) is 18.1 Å². The largest absolute Gasteiger partial charge is 0.480 e. The van der Waals surface area contributed by atoms with Crippen molar-refractivity contribution in [2.75, 3.05) is 6.54 Å². The summed E-state index contributed by atoms with van der Waals surface area (Å²) in [5, 5.41) is 14.6. The average molecular weight is 504 g/mol. The summed E-state index contributed by atoms with van der Waals surface area (Å²) in [6.45, 7) is 4.14. The van der Waals surface area contributed by atoms with E-state index in [2.05, 4.69) is 10.6 Å². The minimum Gasteiger partial charge on any atom is -0.480 e. The monoisotopic (exact) mass is 503 g/mol. The maximum absolute atomic E-state index is 13.5. The van der Waals surface area contributed by atoms with Gasteiger partial charge in [-0.3, -0.25) is 19.2 Å². The van der Waals surface area contributed by atoms with Gasteiger partial charge in [-0.25, -0.2) is 4.79 Å². The van der Waals surface area contributed by atoms with Crippen molar-refractivity contribution < 1.29 is 29.1 Å². The summed E-state index contributed by atoms with van der Waals surface area (Å²) in [5.74, 6) is -3.39. The molecular formula is C25H37N5O6. The summed E-state index contributed by atoms with van der Waals surface area (Å²) in [5.41, 5.74) is 12.1. The molecule has 0 saturated carbocycles. The van der Waals surface area contributed by atoms with Crippen LogP contribution in [0, 0.1) is 5.92 Å². The van der Waals surface area contributed by atoms with E-state index in [1.807, 2.05) is 44.2 Å². The van der Waals surface area contributed by atoms with Gasteiger partial charge in [-0.2, -0.15) is 0 Å². The van der Waals surface area contributed by atoms with E-state index in [9.17, 15) is 29.1 Å². The number of hydrogen-bond acceptors (Lipinski definition) is 6. The van der Waals surface area contributed by atoms with Gasteiger partial charge in [-0.1, -0.05) is 44.2 Å². The third-order valence-electron chi connectivity index (χ3n) is 6.09. The first-order valence-corrected chi connectivity index (χ1v) is 12.2. The van der Waals surface area contributed by atoms with Gasteiger partial charge in [-0.15, -0.1) is 0 Å². The van der Waals surface area contributed by atoms with Crippen molar-refractivity contribution in [3.05, 3.63) is 35.9 Å². The topological polar surface area (TPSA) is 185 Å². The molecule has 11 heteroatoms. The minimum atomic E-state index is -1.30. The Bertz CT molecular complexity index is 938. The molecule has 0 spiro atoms. The molecule has 2 rings (SSSR count). The molecule has 1 aliphatic heterocycles. The fraction of sp³-hybridized carbons (Fsp3) is 0.560. The smallest absolute Gasteiger partial charge is 0.326 e. The Morgan fingerprint density at radius 3 is 2.33 bits per heavy atom. The van der Waals surface area contributed by atoms with Gasteiger partial charge in [0.05, 0.1) is 6.04 Å². The van der Waals surface area contributed by atoms with Gasteiger partial charge in [0, 0.05) is 13.0 Å². The fourth-order valence-electron chi connectivity index (χ4n) is 4.25. The molecule has 1 fully saturated rings. The number of nitrogens with zero attached hydrogens (tertiary/aromatic N) is 1. The van der Waals surface area contributed by atoms with Crippen LogP contribution in [-0.4, -0.2) is 70.3 Å². The predicted octanol–water partition coefficient (Wildman–Crippen LogP) is -0.0868. The molecule has 11 nitrogen and oxygen atoms in total. The van der Waals surface area contributed by atoms with Gasteiger partial charge in [0.15, 0.2) is 0 Å². The lowest BCUT2D eigenvalue weighted by Crippen LogP contribution is -2.57. The van der Waals surface area contributed by atoms with Crippen molar-refractivity contribution in [1.29, 1.82) is 0 Å². The minimum absolute atomic E-state index is 0.0738. The highest BCUT2D eigenvalue weighted by molar-refractivity contribution is 5.94. The molecule has 7 N–H and O–H groups in total. The molecule has 0 aromatic heterocycles. The Labute approximate surface area is 211 Å². The molecule has 1 aromatic carbocycles. The number of carboxylic acids is 1. The first-order chi connectivity index (χ1) is 17.0. The maximum atomic E-state index is 13.5. The van der Waals surface area contributed by atoms with Crippen molar-refractivity contribution >= 4 is 29.6 Å². The molecule has 0 bridgehead atoms. The van der Waals surface area contributed by atoms with Crippen LogP contribution in [0.4, 0.5) is 0 Å². The summed E-state index contributed by atoms with van der Waals surface area (Å²) in [6.07, 6.45) is 1.22. The molecule has 1 saturated heterocycles. The average Bonchev–Trinajstić information content (AvgIpc) is 3.30. The number of nitrogens with two attached hydrogens (primary N) is 2. The number of hydrogen-bond donors (Lipinski definition) is 5. The summed E-state index contributed by atoms with van der Waals surface area (Å²) in [6, 6.07) is 5.40. The van der Waals surface area contributed by atoms with Gasteiger partial charge < -0.3 is 32.1 Å². The van der Waals surface area contributed by atoms with E-state index < -0.39 is 53.8 Å². The molecule has 1 heterocycles. The molecule has 0 radical (unpaired) electrons. The van der Waals surface area contributed by atoms with Crippen molar-refractivity contribution in [2.24, 2.45) is 17.4 Å². The van der Waals surface area contributed by atoms with Crippen molar-refractivity contribution in [1.82, 2.24) is 15.5 Å². The third-order valence-corrected chi connectivity index (χ3v) is 6.09. The van der Waals surface area contributed by atoms with Crippen LogP contribution < -0.4 is 22.1 Å². The first-order valence-electron chi connectivity index (χ1n) is 12.2. The summed E-state index contributed by atoms with van der Waals surface area (Å²) >= 11 is 0. The lowest BCUT2D eigenvalue weighted by atomic mass is 10.0. The molecule has 4 amide bonds. The Morgan fingerprint density at radius 2 is 1.75 bits per heavy atom. The van der Waals surface area contributed by atoms with E-state index in [1.54, 1.807) is 0 Å². The zero-order chi connectivity index (χ0) is 26.8. The van der Waals surface area contributed by atoms with E-state index in [1.165, 1.54) is 4.90 Å². The third kappa shape index (κ3) is 8.63. The highest BCUT2D eigenvalue weighted by Crippen LogP contribution is 2.21. The number of amides is 4. The molecule has 1 aliphatic rings. The maximum Gasteiger partial charge on any atom is 0.326 e. The van der Waals surface area contributed by atoms with E-state index in [0.29, 0.717) is 32.2 Å². The Balaban J connectivity index is 2.09. The van der Waals surface area contributed by atoms with E-state index in [0.717, 1.165) is 5.56 Å². The number of carbonyl (C=O) groups excluding carboxylic acids is 4. The molecule has 4 atom stereocenters. The Hall–Kier alpha value is -3.47. The van der Waals surface area contributed by atoms with Crippen molar-refractivity contribution in [3.8, 4) is 0 Å². The van der Waals surface area contributed by atoms with Crippen LogP contribution in [0.2, 0.25) is 0 Å². The highest BCUT2D eigenvalue weighted by atomic mass is 16.4. The number of rotatable bonds is 13. The quantitative estimate of drug-likeness (QED) is 0.249. The van der Waals surface area contributed by atoms with Crippen LogP contribution in [0.15, 0.2) is 30.3 Å². The van der Waals surface area contributed by atoms with E-state index >= 15 is 0 Å². The Kier molecular flexibility index (Phi) is 10.8. The molecule has 36 heavy (non-hydrogen) atoms. The Morgan fingerprint density at radius 1 is 1.08 bits per heavy atom. The standard InChI is InChI=1S/C25H37N5O6/c1-15(2)13-19(29-22(32)17(26)14-16-7-4-3-5-8-16)24(34)30-12-6-9-20(30)23(33)28-18(25(35)36)10-11-21(27)31/h3-5,7-8,15,17-20H,6,9-14,26H2,1-2H3,(H2,27,31)(H,28,33)(H,29,32)(H,35,36). The number of primary amides is 1. The number of carbonyl (C=O) groups is 5. The van der Waals surface area contributed by atoms with Crippen LogP contribution in [0.5, 0.6) is 0 Å². The fourth-order valence-corrected chi connectivity index (χ4v) is 4.25. The molecule has 0 aliphatic carbocycles. The normalized spacial score (nSPS) is 17.8. The summed E-state index contributed by atoms with van der Waals surface area (Å²) < 4.78 is 0. The van der Waals surface area contributed by atoms with Crippen LogP contribution >= 0.6 is 0 Å². The van der Waals surface area contributed by atoms with Gasteiger partial charge >= 0.3 is 5.97 Å². The van der Waals surface area contributed by atoms with Gasteiger partial charge in [0.25, 0.3) is 0 Å². The van der Waals surface area contributed by atoms with Crippen LogP contribution in [0.1, 0.15) is 51.5 Å². The molecular weight excluding hydrogens is 466 g/mol. The predicted molar refractivity (Wildman–Crippen MR) is 132 cm³/mol. The van der Waals surface area contributed by atoms with Gasteiger partial charge in [0.2, 0.25) is 23.6 Å².